The molecule has 9 nitrogen and oxygen atoms in total. The molecule has 0 bridgehead atoms. The summed E-state index contributed by atoms with van der Waals surface area (Å²) in [5.74, 6) is 1.16. The Morgan fingerprint density at radius 3 is 2.83 bits per heavy atom. The molecule has 2 unspecified atom stereocenters. The third kappa shape index (κ3) is 5.40. The van der Waals surface area contributed by atoms with Crippen molar-refractivity contribution in [1.82, 2.24) is 20.7 Å². The lowest BCUT2D eigenvalue weighted by atomic mass is 9.96. The maximum atomic E-state index is 12.2. The Morgan fingerprint density at radius 1 is 1.27 bits per heavy atom. The SMILES string of the molecule is Cc1cc(CC(=O)Nc2cc(C3CCCC(NC(=O)OC4(C)CC4)CC3)[nH]n2)on1. The van der Waals surface area contributed by atoms with E-state index < -0.39 is 0 Å². The lowest BCUT2D eigenvalue weighted by molar-refractivity contribution is -0.115. The van der Waals surface area contributed by atoms with Gasteiger partial charge in [0, 0.05) is 29.8 Å². The number of aryl methyl sites for hydroxylation is 1. The van der Waals surface area contributed by atoms with E-state index in [9.17, 15) is 9.59 Å². The second-order valence-corrected chi connectivity index (χ2v) is 8.75. The van der Waals surface area contributed by atoms with E-state index in [2.05, 4.69) is 26.0 Å². The third-order valence-corrected chi connectivity index (χ3v) is 5.90. The van der Waals surface area contributed by atoms with Gasteiger partial charge in [0.2, 0.25) is 5.91 Å². The summed E-state index contributed by atoms with van der Waals surface area (Å²) in [6, 6.07) is 3.77. The van der Waals surface area contributed by atoms with Gasteiger partial charge in [0.15, 0.2) is 5.82 Å². The van der Waals surface area contributed by atoms with Crippen molar-refractivity contribution in [1.29, 1.82) is 0 Å². The molecule has 2 amide bonds. The van der Waals surface area contributed by atoms with Gasteiger partial charge in [0.25, 0.3) is 0 Å². The molecule has 2 fully saturated rings. The lowest BCUT2D eigenvalue weighted by Crippen LogP contribution is -2.37. The molecule has 9 heteroatoms. The number of aromatic amines is 1. The molecule has 0 aromatic carbocycles. The van der Waals surface area contributed by atoms with Gasteiger partial charge in [-0.25, -0.2) is 4.79 Å². The molecule has 0 saturated heterocycles. The molecule has 2 aromatic rings. The minimum absolute atomic E-state index is 0.120. The van der Waals surface area contributed by atoms with E-state index >= 15 is 0 Å². The Morgan fingerprint density at radius 2 is 2.10 bits per heavy atom. The summed E-state index contributed by atoms with van der Waals surface area (Å²) in [5.41, 5.74) is 1.51. The van der Waals surface area contributed by atoms with Crippen molar-refractivity contribution in [3.8, 4) is 0 Å². The minimum atomic E-state index is -0.299. The lowest BCUT2D eigenvalue weighted by Gasteiger charge is -2.18. The Hall–Kier alpha value is -2.84. The van der Waals surface area contributed by atoms with Crippen molar-refractivity contribution in [2.24, 2.45) is 0 Å². The van der Waals surface area contributed by atoms with Gasteiger partial charge in [0.1, 0.15) is 11.4 Å². The first kappa shape index (κ1) is 20.4. The van der Waals surface area contributed by atoms with Crippen LogP contribution < -0.4 is 10.6 Å². The average molecular weight is 415 g/mol. The molecule has 2 heterocycles. The molecule has 2 aliphatic carbocycles. The van der Waals surface area contributed by atoms with Crippen molar-refractivity contribution in [3.05, 3.63) is 29.3 Å². The second kappa shape index (κ2) is 8.49. The number of anilines is 1. The van der Waals surface area contributed by atoms with Crippen LogP contribution in [0.25, 0.3) is 0 Å². The van der Waals surface area contributed by atoms with Crippen LogP contribution in [0.3, 0.4) is 0 Å². The number of amides is 2. The van der Waals surface area contributed by atoms with Crippen molar-refractivity contribution >= 4 is 17.8 Å². The maximum absolute atomic E-state index is 12.2. The minimum Gasteiger partial charge on any atom is -0.443 e. The van der Waals surface area contributed by atoms with E-state index in [0.29, 0.717) is 17.5 Å². The number of rotatable bonds is 6. The zero-order valence-corrected chi connectivity index (χ0v) is 17.5. The molecule has 2 aromatic heterocycles. The number of ether oxygens (including phenoxy) is 1. The number of carbonyl (C=O) groups excluding carboxylic acids is 2. The van der Waals surface area contributed by atoms with Crippen molar-refractivity contribution in [3.63, 3.8) is 0 Å². The normalized spacial score (nSPS) is 22.7. The van der Waals surface area contributed by atoms with E-state index in [1.165, 1.54) is 0 Å². The van der Waals surface area contributed by atoms with E-state index in [4.69, 9.17) is 9.26 Å². The highest BCUT2D eigenvalue weighted by Crippen LogP contribution is 2.39. The van der Waals surface area contributed by atoms with Crippen LogP contribution in [-0.2, 0) is 16.0 Å². The Labute approximate surface area is 175 Å². The fourth-order valence-electron chi connectivity index (χ4n) is 3.91. The van der Waals surface area contributed by atoms with Crippen LogP contribution in [0.1, 0.15) is 74.9 Å². The first-order chi connectivity index (χ1) is 14.4. The van der Waals surface area contributed by atoms with Gasteiger partial charge in [-0.3, -0.25) is 9.89 Å². The van der Waals surface area contributed by atoms with Gasteiger partial charge in [-0.05, 0) is 52.4 Å². The molecule has 0 radical (unpaired) electrons. The number of hydrogen-bond acceptors (Lipinski definition) is 6. The Bertz CT molecular complexity index is 901. The van der Waals surface area contributed by atoms with Gasteiger partial charge < -0.3 is 19.9 Å². The van der Waals surface area contributed by atoms with Gasteiger partial charge >= 0.3 is 6.09 Å². The molecule has 2 aliphatic rings. The van der Waals surface area contributed by atoms with E-state index in [0.717, 1.165) is 56.3 Å². The van der Waals surface area contributed by atoms with E-state index in [-0.39, 0.29) is 30.1 Å². The number of hydrogen-bond donors (Lipinski definition) is 3. The quantitative estimate of drug-likeness (QED) is 0.620. The van der Waals surface area contributed by atoms with Crippen LogP contribution in [0.15, 0.2) is 16.7 Å². The van der Waals surface area contributed by atoms with Crippen molar-refractivity contribution < 1.29 is 18.8 Å². The van der Waals surface area contributed by atoms with Crippen molar-refractivity contribution in [2.75, 3.05) is 5.32 Å². The number of alkyl carbamates (subject to hydrolysis) is 1. The Kier molecular flexibility index (Phi) is 5.78. The molecular formula is C21H29N5O4. The molecule has 4 rings (SSSR count). The fourth-order valence-corrected chi connectivity index (χ4v) is 3.91. The monoisotopic (exact) mass is 415 g/mol. The smallest absolute Gasteiger partial charge is 0.407 e. The van der Waals surface area contributed by atoms with Crippen LogP contribution >= 0.6 is 0 Å². The first-order valence-corrected chi connectivity index (χ1v) is 10.7. The van der Waals surface area contributed by atoms with Gasteiger partial charge in [-0.15, -0.1) is 0 Å². The molecule has 162 valence electrons. The molecular weight excluding hydrogens is 386 g/mol. The Balaban J connectivity index is 1.26. The van der Waals surface area contributed by atoms with Crippen LogP contribution in [-0.4, -0.2) is 39.0 Å². The molecule has 0 spiro atoms. The summed E-state index contributed by atoms with van der Waals surface area (Å²) in [6.07, 6.45) is 6.51. The van der Waals surface area contributed by atoms with Gasteiger partial charge in [-0.2, -0.15) is 5.10 Å². The van der Waals surface area contributed by atoms with Crippen LogP contribution in [0.5, 0.6) is 0 Å². The zero-order chi connectivity index (χ0) is 21.1. The third-order valence-electron chi connectivity index (χ3n) is 5.90. The number of nitrogens with zero attached hydrogens (tertiary/aromatic N) is 2. The number of nitrogens with one attached hydrogen (secondary N) is 3. The number of H-pyrrole nitrogens is 1. The van der Waals surface area contributed by atoms with Gasteiger partial charge in [0.05, 0.1) is 12.1 Å². The van der Waals surface area contributed by atoms with Gasteiger partial charge in [-0.1, -0.05) is 11.6 Å². The molecule has 30 heavy (non-hydrogen) atoms. The van der Waals surface area contributed by atoms with Crippen LogP contribution in [0.2, 0.25) is 0 Å². The summed E-state index contributed by atoms with van der Waals surface area (Å²) in [5, 5.41) is 16.9. The highest BCUT2D eigenvalue weighted by molar-refractivity contribution is 5.91. The highest BCUT2D eigenvalue weighted by atomic mass is 16.6. The average Bonchev–Trinajstić information content (AvgIpc) is 3.09. The fraction of sp³-hybridized carbons (Fsp3) is 0.619. The van der Waals surface area contributed by atoms with E-state index in [1.54, 1.807) is 6.07 Å². The largest absolute Gasteiger partial charge is 0.443 e. The van der Waals surface area contributed by atoms with Crippen molar-refractivity contribution in [2.45, 2.75) is 82.8 Å². The zero-order valence-electron chi connectivity index (χ0n) is 17.5. The number of aromatic nitrogens is 3. The summed E-state index contributed by atoms with van der Waals surface area (Å²) in [4.78, 5) is 24.2. The van der Waals surface area contributed by atoms with E-state index in [1.807, 2.05) is 19.9 Å². The predicted octanol–water partition coefficient (Wildman–Crippen LogP) is 3.58. The second-order valence-electron chi connectivity index (χ2n) is 8.75. The molecule has 3 N–H and O–H groups in total. The first-order valence-electron chi connectivity index (χ1n) is 10.7. The van der Waals surface area contributed by atoms with Crippen LogP contribution in [0.4, 0.5) is 10.6 Å². The molecule has 2 saturated carbocycles. The predicted molar refractivity (Wildman–Crippen MR) is 109 cm³/mol. The summed E-state index contributed by atoms with van der Waals surface area (Å²) >= 11 is 0. The molecule has 2 atom stereocenters. The molecule has 0 aliphatic heterocycles. The number of carbonyl (C=O) groups is 2. The summed E-state index contributed by atoms with van der Waals surface area (Å²) in [7, 11) is 0. The highest BCUT2D eigenvalue weighted by Gasteiger charge is 2.42. The maximum Gasteiger partial charge on any atom is 0.407 e. The van der Waals surface area contributed by atoms with Crippen LogP contribution in [0, 0.1) is 6.92 Å². The summed E-state index contributed by atoms with van der Waals surface area (Å²) in [6.45, 7) is 3.78. The standard InChI is InChI=1S/C21H29N5O4/c1-13-10-16(30-26-13)11-19(27)23-18-12-17(24-25-18)14-4-3-5-15(7-6-14)22-20(28)29-21(2)8-9-21/h10,12,14-15H,3-9,11H2,1-2H3,(H,22,28)(H2,23,24,25,27). The summed E-state index contributed by atoms with van der Waals surface area (Å²) < 4.78 is 10.5. The topological polar surface area (TPSA) is 122 Å².